The Bertz CT molecular complexity index is 1150. The van der Waals surface area contributed by atoms with Crippen molar-refractivity contribution in [2.75, 3.05) is 6.61 Å². The molecule has 0 unspecified atom stereocenters. The van der Waals surface area contributed by atoms with E-state index in [2.05, 4.69) is 16.9 Å². The number of amides is 1. The van der Waals surface area contributed by atoms with Crippen LogP contribution in [0.1, 0.15) is 5.56 Å². The van der Waals surface area contributed by atoms with Gasteiger partial charge in [-0.25, -0.2) is 4.99 Å². The first-order chi connectivity index (χ1) is 14.1. The molecule has 1 saturated heterocycles. The largest absolute Gasteiger partial charge is 0.489 e. The number of halogens is 1. The van der Waals surface area contributed by atoms with Crippen molar-refractivity contribution >= 4 is 57.0 Å². The molecule has 1 heterocycles. The summed E-state index contributed by atoms with van der Waals surface area (Å²) in [6.45, 7) is 4.09. The van der Waals surface area contributed by atoms with Gasteiger partial charge in [-0.05, 0) is 58.9 Å². The molecule has 4 rings (SSSR count). The van der Waals surface area contributed by atoms with Gasteiger partial charge >= 0.3 is 0 Å². The molecule has 1 fully saturated rings. The molecule has 6 heteroatoms. The lowest BCUT2D eigenvalue weighted by Crippen LogP contribution is -2.19. The fraction of sp³-hybridized carbons (Fsp3) is 0.0435. The fourth-order valence-electron chi connectivity index (χ4n) is 2.94. The van der Waals surface area contributed by atoms with Crippen LogP contribution < -0.4 is 10.1 Å². The number of amidine groups is 1. The van der Waals surface area contributed by atoms with E-state index in [-0.39, 0.29) is 5.91 Å². The molecule has 4 nitrogen and oxygen atoms in total. The van der Waals surface area contributed by atoms with E-state index in [0.717, 1.165) is 22.0 Å². The van der Waals surface area contributed by atoms with Gasteiger partial charge in [0, 0.05) is 10.6 Å². The number of benzene rings is 3. The third kappa shape index (κ3) is 4.36. The average molecular weight is 421 g/mol. The van der Waals surface area contributed by atoms with Crippen LogP contribution in [0.2, 0.25) is 5.02 Å². The first kappa shape index (κ1) is 19.3. The lowest BCUT2D eigenvalue weighted by atomic mass is 10.0. The van der Waals surface area contributed by atoms with Crippen molar-refractivity contribution in [3.63, 3.8) is 0 Å². The topological polar surface area (TPSA) is 50.7 Å². The van der Waals surface area contributed by atoms with Gasteiger partial charge in [-0.3, -0.25) is 4.79 Å². The zero-order valence-electron chi connectivity index (χ0n) is 15.4. The Balaban J connectivity index is 1.71. The maximum Gasteiger partial charge on any atom is 0.264 e. The van der Waals surface area contributed by atoms with Gasteiger partial charge in [0.05, 0.1) is 10.6 Å². The van der Waals surface area contributed by atoms with Crippen LogP contribution in [0.5, 0.6) is 5.75 Å². The molecule has 3 aromatic carbocycles. The van der Waals surface area contributed by atoms with E-state index in [0.29, 0.717) is 27.5 Å². The van der Waals surface area contributed by atoms with Crippen LogP contribution in [0, 0.1) is 0 Å². The minimum absolute atomic E-state index is 0.190. The molecule has 1 amide bonds. The molecule has 1 aliphatic heterocycles. The summed E-state index contributed by atoms with van der Waals surface area (Å²) in [5.41, 5.74) is 1.58. The molecular weight excluding hydrogens is 404 g/mol. The first-order valence-corrected chi connectivity index (χ1v) is 10.1. The molecule has 144 valence electrons. The highest BCUT2D eigenvalue weighted by Crippen LogP contribution is 2.34. The summed E-state index contributed by atoms with van der Waals surface area (Å²) < 4.78 is 5.83. The Kier molecular flexibility index (Phi) is 5.69. The summed E-state index contributed by atoms with van der Waals surface area (Å²) in [6.07, 6.45) is 3.55. The van der Waals surface area contributed by atoms with Crippen molar-refractivity contribution in [3.05, 3.63) is 88.8 Å². The second-order valence-corrected chi connectivity index (χ2v) is 7.72. The zero-order valence-corrected chi connectivity index (χ0v) is 17.0. The van der Waals surface area contributed by atoms with Crippen molar-refractivity contribution in [1.82, 2.24) is 5.32 Å². The molecule has 1 N–H and O–H groups in total. The SMILES string of the molecule is C=CCOc1ccc2ccccc2c1/C=C1\SC(=Nc2ccc(Cl)cc2)NC1=O. The van der Waals surface area contributed by atoms with Gasteiger partial charge in [0.2, 0.25) is 0 Å². The van der Waals surface area contributed by atoms with Crippen molar-refractivity contribution in [1.29, 1.82) is 0 Å². The Morgan fingerprint density at radius 1 is 1.10 bits per heavy atom. The molecule has 0 spiro atoms. The fourth-order valence-corrected chi connectivity index (χ4v) is 3.89. The minimum atomic E-state index is -0.190. The van der Waals surface area contributed by atoms with E-state index in [4.69, 9.17) is 16.3 Å². The number of rotatable bonds is 5. The van der Waals surface area contributed by atoms with Crippen molar-refractivity contribution < 1.29 is 9.53 Å². The molecule has 0 bridgehead atoms. The van der Waals surface area contributed by atoms with Crippen molar-refractivity contribution in [2.45, 2.75) is 0 Å². The summed E-state index contributed by atoms with van der Waals surface area (Å²) in [4.78, 5) is 17.6. The van der Waals surface area contributed by atoms with E-state index in [1.165, 1.54) is 11.8 Å². The number of thioether (sulfide) groups is 1. The van der Waals surface area contributed by atoms with E-state index >= 15 is 0 Å². The van der Waals surface area contributed by atoms with Gasteiger partial charge in [0.15, 0.2) is 5.17 Å². The number of hydrogen-bond donors (Lipinski definition) is 1. The highest BCUT2D eigenvalue weighted by molar-refractivity contribution is 8.18. The standard InChI is InChI=1S/C23H17ClN2O2S/c1-2-13-28-20-12-7-15-5-3-4-6-18(15)19(20)14-21-22(27)26-23(29-21)25-17-10-8-16(24)9-11-17/h2-12,14H,1,13H2,(H,25,26,27)/b21-14-. The number of carbonyl (C=O) groups is 1. The Morgan fingerprint density at radius 3 is 2.69 bits per heavy atom. The lowest BCUT2D eigenvalue weighted by Gasteiger charge is -2.11. The molecule has 0 saturated carbocycles. The number of hydrogen-bond acceptors (Lipinski definition) is 4. The highest BCUT2D eigenvalue weighted by Gasteiger charge is 2.24. The van der Waals surface area contributed by atoms with Gasteiger partial charge < -0.3 is 10.1 Å². The number of nitrogens with zero attached hydrogens (tertiary/aromatic N) is 1. The molecule has 0 radical (unpaired) electrons. The summed E-state index contributed by atoms with van der Waals surface area (Å²) in [6, 6.07) is 19.0. The zero-order chi connectivity index (χ0) is 20.2. The summed E-state index contributed by atoms with van der Waals surface area (Å²) in [7, 11) is 0. The number of nitrogens with one attached hydrogen (secondary N) is 1. The van der Waals surface area contributed by atoms with Crippen LogP contribution in [0.25, 0.3) is 16.8 Å². The Labute approximate surface area is 177 Å². The Morgan fingerprint density at radius 2 is 1.90 bits per heavy atom. The molecule has 1 aliphatic rings. The van der Waals surface area contributed by atoms with E-state index in [1.807, 2.05) is 42.5 Å². The first-order valence-electron chi connectivity index (χ1n) is 8.94. The smallest absolute Gasteiger partial charge is 0.264 e. The minimum Gasteiger partial charge on any atom is -0.489 e. The van der Waals surface area contributed by atoms with Crippen LogP contribution in [0.15, 0.2) is 83.2 Å². The highest BCUT2D eigenvalue weighted by atomic mass is 35.5. The second kappa shape index (κ2) is 8.55. The predicted molar refractivity (Wildman–Crippen MR) is 122 cm³/mol. The summed E-state index contributed by atoms with van der Waals surface area (Å²) >= 11 is 7.21. The second-order valence-electron chi connectivity index (χ2n) is 6.26. The van der Waals surface area contributed by atoms with Gasteiger partial charge in [0.25, 0.3) is 5.91 Å². The number of carbonyl (C=O) groups excluding carboxylic acids is 1. The van der Waals surface area contributed by atoms with Gasteiger partial charge in [-0.2, -0.15) is 0 Å². The summed E-state index contributed by atoms with van der Waals surface area (Å²) in [5, 5.41) is 6.06. The Hall–Kier alpha value is -3.02. The number of fused-ring (bicyclic) bond motifs is 1. The average Bonchev–Trinajstić information content (AvgIpc) is 3.08. The van der Waals surface area contributed by atoms with E-state index in [9.17, 15) is 4.79 Å². The van der Waals surface area contributed by atoms with Crippen LogP contribution in [0.4, 0.5) is 5.69 Å². The number of ether oxygens (including phenoxy) is 1. The molecule has 3 aromatic rings. The van der Waals surface area contributed by atoms with Crippen LogP contribution in [-0.2, 0) is 4.79 Å². The molecule has 0 atom stereocenters. The lowest BCUT2D eigenvalue weighted by molar-refractivity contribution is -0.115. The summed E-state index contributed by atoms with van der Waals surface area (Å²) in [5.74, 6) is 0.512. The molecular formula is C23H17ClN2O2S. The van der Waals surface area contributed by atoms with Gasteiger partial charge in [-0.1, -0.05) is 54.6 Å². The van der Waals surface area contributed by atoms with Crippen LogP contribution in [-0.4, -0.2) is 17.7 Å². The maximum atomic E-state index is 12.5. The predicted octanol–water partition coefficient (Wildman–Crippen LogP) is 5.95. The third-order valence-corrected chi connectivity index (χ3v) is 5.43. The monoisotopic (exact) mass is 420 g/mol. The third-order valence-electron chi connectivity index (χ3n) is 4.27. The van der Waals surface area contributed by atoms with Crippen molar-refractivity contribution in [3.8, 4) is 5.75 Å². The van der Waals surface area contributed by atoms with E-state index < -0.39 is 0 Å². The van der Waals surface area contributed by atoms with E-state index in [1.54, 1.807) is 30.3 Å². The van der Waals surface area contributed by atoms with Gasteiger partial charge in [0.1, 0.15) is 12.4 Å². The van der Waals surface area contributed by atoms with Gasteiger partial charge in [-0.15, -0.1) is 0 Å². The normalized spacial score (nSPS) is 16.4. The number of aliphatic imine (C=N–C) groups is 1. The van der Waals surface area contributed by atoms with Crippen LogP contribution in [0.3, 0.4) is 0 Å². The van der Waals surface area contributed by atoms with Crippen molar-refractivity contribution in [2.24, 2.45) is 4.99 Å². The molecule has 29 heavy (non-hydrogen) atoms. The molecule has 0 aromatic heterocycles. The maximum absolute atomic E-state index is 12.5. The molecule has 0 aliphatic carbocycles. The quantitative estimate of drug-likeness (QED) is 0.410. The van der Waals surface area contributed by atoms with Crippen LogP contribution >= 0.6 is 23.4 Å².